The molecule has 0 bridgehead atoms. The molecular weight excluding hydrogens is 261 g/mol. The van der Waals surface area contributed by atoms with Gasteiger partial charge in [0.25, 0.3) is 5.56 Å². The Labute approximate surface area is 121 Å². The van der Waals surface area contributed by atoms with E-state index in [1.165, 1.54) is 0 Å². The van der Waals surface area contributed by atoms with Crippen LogP contribution in [-0.4, -0.2) is 34.3 Å². The van der Waals surface area contributed by atoms with Crippen LogP contribution < -0.4 is 51.6 Å². The number of nitrogens with two attached hydrogens (primary N) is 1. The average Bonchev–Trinajstić information content (AvgIpc) is 2.21. The number of H-pyrrole nitrogens is 2. The smallest absolute Gasteiger partial charge is 0.565 e. The second-order valence-electron chi connectivity index (χ2n) is 2.45. The quantitative estimate of drug-likeness (QED) is 0.287. The number of hydrogen-bond acceptors (Lipinski definition) is 7. The van der Waals surface area contributed by atoms with Crippen LogP contribution in [0.1, 0.15) is 10.5 Å². The van der Waals surface area contributed by atoms with Gasteiger partial charge in [0.05, 0.1) is 7.11 Å². The number of anilines is 1. The molecule has 0 aliphatic heterocycles. The normalized spacial score (nSPS) is 8.28. The first-order chi connectivity index (χ1) is 7.79. The Morgan fingerprint density at radius 1 is 1.33 bits per heavy atom. The number of aromatic amines is 2. The maximum Gasteiger partial charge on any atom is 1.00 e. The van der Waals surface area contributed by atoms with Crippen LogP contribution in [-0.2, 0) is 4.74 Å². The van der Waals surface area contributed by atoms with Crippen LogP contribution in [0.15, 0.2) is 9.59 Å². The van der Waals surface area contributed by atoms with Crippen molar-refractivity contribution in [3.63, 3.8) is 0 Å². The van der Waals surface area contributed by atoms with Crippen molar-refractivity contribution in [1.82, 2.24) is 9.97 Å². The molecule has 0 saturated heterocycles. The van der Waals surface area contributed by atoms with Crippen LogP contribution in [0.3, 0.4) is 0 Å². The van der Waals surface area contributed by atoms with Crippen molar-refractivity contribution < 1.29 is 54.1 Å². The first kappa shape index (κ1) is 18.6. The first-order valence-corrected chi connectivity index (χ1v) is 3.90. The Bertz CT molecular complexity index is 531. The Hall–Kier alpha value is -1.78. The topological polar surface area (TPSA) is 178 Å². The van der Waals surface area contributed by atoms with E-state index in [1.807, 2.05) is 4.98 Å². The van der Waals surface area contributed by atoms with E-state index in [0.29, 0.717) is 0 Å². The summed E-state index contributed by atoms with van der Waals surface area (Å²) in [5.74, 6) is -0.860. The number of carbonyl (C=O) groups excluding carboxylic acids is 1. The number of rotatable bonds is 1. The summed E-state index contributed by atoms with van der Waals surface area (Å²) in [7, 11) is 1.11. The molecule has 0 atom stereocenters. The number of ether oxygens (including phenoxy) is 1. The first-order valence-electron chi connectivity index (χ1n) is 3.90. The van der Waals surface area contributed by atoms with Crippen molar-refractivity contribution in [1.29, 1.82) is 0 Å². The van der Waals surface area contributed by atoms with Crippen LogP contribution in [0.25, 0.3) is 0 Å². The van der Waals surface area contributed by atoms with Crippen molar-refractivity contribution in [2.45, 2.75) is 0 Å². The van der Waals surface area contributed by atoms with Gasteiger partial charge in [-0.15, -0.1) is 0 Å². The molecule has 0 aliphatic carbocycles. The summed E-state index contributed by atoms with van der Waals surface area (Å²) in [5.41, 5.74) is 2.89. The zero-order chi connectivity index (χ0) is 13.6. The molecule has 94 valence electrons. The second kappa shape index (κ2) is 8.33. The standard InChI is InChI=1S/C6H7N3O4.CH2O3.Na/c1-13-5(11)3-2(7)4(10)9-6(12)8-3;2-1(3)4;/h7H2,1H3,(H2,8,9,10,12);(H2,2,3,4);/q;;+1/p-1. The number of nitrogens with one attached hydrogen (secondary N) is 2. The minimum atomic E-state index is -2.08. The fraction of sp³-hybridized carbons (Fsp3) is 0.143. The molecule has 5 N–H and O–H groups in total. The van der Waals surface area contributed by atoms with Gasteiger partial charge in [0.2, 0.25) is 6.16 Å². The summed E-state index contributed by atoms with van der Waals surface area (Å²) in [6.07, 6.45) is -2.08. The maximum atomic E-state index is 10.9. The summed E-state index contributed by atoms with van der Waals surface area (Å²) in [6, 6.07) is 0. The Balaban J connectivity index is 0. The molecule has 11 heteroatoms. The predicted molar refractivity (Wildman–Crippen MR) is 51.5 cm³/mol. The zero-order valence-electron chi connectivity index (χ0n) is 9.47. The minimum absolute atomic E-state index is 0. The molecule has 0 spiro atoms. The predicted octanol–water partition coefficient (Wildman–Crippen LogP) is -5.68. The van der Waals surface area contributed by atoms with E-state index in [0.717, 1.165) is 7.11 Å². The van der Waals surface area contributed by atoms with E-state index in [1.54, 1.807) is 0 Å². The average molecular weight is 269 g/mol. The molecule has 1 rings (SSSR count). The van der Waals surface area contributed by atoms with E-state index in [-0.39, 0.29) is 40.9 Å². The van der Waals surface area contributed by atoms with Crippen LogP contribution in [0.2, 0.25) is 0 Å². The molecule has 0 aliphatic rings. The third-order valence-electron chi connectivity index (χ3n) is 1.37. The third kappa shape index (κ3) is 6.08. The summed E-state index contributed by atoms with van der Waals surface area (Å²) < 4.78 is 4.29. The van der Waals surface area contributed by atoms with Crippen molar-refractivity contribution >= 4 is 17.8 Å². The van der Waals surface area contributed by atoms with Gasteiger partial charge in [-0.3, -0.25) is 14.8 Å². The molecule has 0 saturated carbocycles. The van der Waals surface area contributed by atoms with E-state index in [4.69, 9.17) is 20.7 Å². The van der Waals surface area contributed by atoms with Gasteiger partial charge in [0, 0.05) is 0 Å². The van der Waals surface area contributed by atoms with Crippen LogP contribution >= 0.6 is 0 Å². The zero-order valence-corrected chi connectivity index (χ0v) is 11.5. The van der Waals surface area contributed by atoms with E-state index < -0.39 is 23.4 Å². The number of methoxy groups -OCH3 is 1. The molecule has 1 aromatic rings. The van der Waals surface area contributed by atoms with Crippen LogP contribution in [0.4, 0.5) is 10.5 Å². The molecule has 0 aromatic carbocycles. The molecule has 0 radical (unpaired) electrons. The summed E-state index contributed by atoms with van der Waals surface area (Å²) in [6.45, 7) is 0. The largest absolute Gasteiger partial charge is 1.00 e. The molecule has 1 heterocycles. The van der Waals surface area contributed by atoms with Crippen molar-refractivity contribution in [2.24, 2.45) is 0 Å². The van der Waals surface area contributed by atoms with E-state index in [9.17, 15) is 14.4 Å². The van der Waals surface area contributed by atoms with Crippen molar-refractivity contribution in [2.75, 3.05) is 12.8 Å². The number of hydrogen-bond donors (Lipinski definition) is 4. The number of esters is 1. The minimum Gasteiger partial charge on any atom is -0.565 e. The molecular formula is C7H8N3NaO7. The van der Waals surface area contributed by atoms with Crippen molar-refractivity contribution in [3.8, 4) is 0 Å². The van der Waals surface area contributed by atoms with E-state index in [2.05, 4.69) is 9.72 Å². The molecule has 0 unspecified atom stereocenters. The Morgan fingerprint density at radius 2 is 1.78 bits per heavy atom. The number of nitrogen functional groups attached to an aromatic ring is 1. The van der Waals surface area contributed by atoms with Gasteiger partial charge in [0.1, 0.15) is 5.69 Å². The van der Waals surface area contributed by atoms with Gasteiger partial charge >= 0.3 is 41.2 Å². The number of aromatic nitrogens is 2. The van der Waals surface area contributed by atoms with Gasteiger partial charge in [-0.05, 0) is 0 Å². The van der Waals surface area contributed by atoms with Gasteiger partial charge in [0.15, 0.2) is 5.69 Å². The summed E-state index contributed by atoms with van der Waals surface area (Å²) >= 11 is 0. The maximum absolute atomic E-state index is 10.9. The van der Waals surface area contributed by atoms with Crippen LogP contribution in [0, 0.1) is 0 Å². The molecule has 18 heavy (non-hydrogen) atoms. The van der Waals surface area contributed by atoms with Gasteiger partial charge in [-0.25, -0.2) is 9.59 Å². The van der Waals surface area contributed by atoms with Gasteiger partial charge < -0.3 is 25.5 Å². The Morgan fingerprint density at radius 3 is 2.17 bits per heavy atom. The number of carboxylic acid groups (broad SMARTS) is 2. The molecule has 0 amide bonds. The fourth-order valence-electron chi connectivity index (χ4n) is 0.759. The number of carbonyl (C=O) groups is 2. The second-order valence-corrected chi connectivity index (χ2v) is 2.45. The summed E-state index contributed by atoms with van der Waals surface area (Å²) in [5, 5.41) is 15.3. The van der Waals surface area contributed by atoms with Crippen molar-refractivity contribution in [3.05, 3.63) is 26.5 Å². The fourth-order valence-corrected chi connectivity index (χ4v) is 0.759. The molecule has 10 nitrogen and oxygen atoms in total. The SMILES string of the molecule is COC(=O)c1[nH]c(=O)[nH]c(=O)c1N.O=C([O-])O.[Na+]. The monoisotopic (exact) mass is 269 g/mol. The molecule has 1 aromatic heterocycles. The Kier molecular flexibility index (Phi) is 8.60. The van der Waals surface area contributed by atoms with Gasteiger partial charge in [-0.2, -0.15) is 0 Å². The molecule has 0 fully saturated rings. The third-order valence-corrected chi connectivity index (χ3v) is 1.37. The van der Waals surface area contributed by atoms with E-state index >= 15 is 0 Å². The van der Waals surface area contributed by atoms with Crippen LogP contribution in [0.5, 0.6) is 0 Å². The summed E-state index contributed by atoms with van der Waals surface area (Å²) in [4.78, 5) is 44.9. The van der Waals surface area contributed by atoms with Gasteiger partial charge in [-0.1, -0.05) is 0 Å².